The molecule has 0 amide bonds. The van der Waals surface area contributed by atoms with Gasteiger partial charge in [-0.3, -0.25) is 0 Å². The van der Waals surface area contributed by atoms with Crippen LogP contribution in [0.2, 0.25) is 0 Å². The minimum atomic E-state index is 0.383. The summed E-state index contributed by atoms with van der Waals surface area (Å²) in [5.41, 5.74) is 1.46. The molecule has 0 aliphatic heterocycles. The fourth-order valence-corrected chi connectivity index (χ4v) is 1.38. The van der Waals surface area contributed by atoms with Crippen LogP contribution < -0.4 is 0 Å². The molecule has 0 aliphatic rings. The molecule has 1 heteroatoms. The molecule has 1 nitrogen and oxygen atoms in total. The summed E-state index contributed by atoms with van der Waals surface area (Å²) >= 11 is 0. The van der Waals surface area contributed by atoms with Crippen LogP contribution in [0, 0.1) is 5.92 Å². The van der Waals surface area contributed by atoms with Gasteiger partial charge in [0.2, 0.25) is 0 Å². The number of rotatable bonds is 6. The predicted octanol–water partition coefficient (Wildman–Crippen LogP) is 3.79. The van der Waals surface area contributed by atoms with Crippen molar-refractivity contribution in [1.29, 1.82) is 0 Å². The first-order valence-corrected chi connectivity index (χ1v) is 5.30. The van der Waals surface area contributed by atoms with Crippen LogP contribution in [0.1, 0.15) is 47.0 Å². The average Bonchev–Trinajstić information content (AvgIpc) is 2.10. The number of allylic oxidation sites excluding steroid dienone is 1. The van der Waals surface area contributed by atoms with E-state index in [2.05, 4.69) is 33.8 Å². The van der Waals surface area contributed by atoms with Gasteiger partial charge >= 0.3 is 0 Å². The lowest BCUT2D eigenvalue weighted by molar-refractivity contribution is 0.0654. The Morgan fingerprint density at radius 2 is 2.00 bits per heavy atom. The third-order valence-electron chi connectivity index (χ3n) is 2.35. The molecule has 0 aromatic heterocycles. The molecule has 0 rings (SSSR count). The highest BCUT2D eigenvalue weighted by Crippen LogP contribution is 2.15. The Labute approximate surface area is 83.2 Å². The summed E-state index contributed by atoms with van der Waals surface area (Å²) < 4.78 is 5.42. The number of hydrogen-bond acceptors (Lipinski definition) is 1. The van der Waals surface area contributed by atoms with E-state index in [1.807, 2.05) is 0 Å². The summed E-state index contributed by atoms with van der Waals surface area (Å²) in [6.45, 7) is 8.83. The summed E-state index contributed by atoms with van der Waals surface area (Å²) in [7, 11) is 1.80. The molecule has 13 heavy (non-hydrogen) atoms. The largest absolute Gasteiger partial charge is 0.381 e. The van der Waals surface area contributed by atoms with Gasteiger partial charge in [-0.15, -0.1) is 0 Å². The zero-order chi connectivity index (χ0) is 10.3. The molecule has 1 atom stereocenters. The van der Waals surface area contributed by atoms with Gasteiger partial charge in [0.25, 0.3) is 0 Å². The zero-order valence-corrected chi connectivity index (χ0v) is 9.76. The second-order valence-corrected chi connectivity index (χ2v) is 4.06. The van der Waals surface area contributed by atoms with Crippen LogP contribution in [0.5, 0.6) is 0 Å². The Bertz CT molecular complexity index is 147. The molecule has 0 aliphatic carbocycles. The fraction of sp³-hybridized carbons (Fsp3) is 0.833. The predicted molar refractivity (Wildman–Crippen MR) is 58.9 cm³/mol. The number of methoxy groups -OCH3 is 1. The lowest BCUT2D eigenvalue weighted by Crippen LogP contribution is -2.18. The van der Waals surface area contributed by atoms with Gasteiger partial charge in [-0.1, -0.05) is 38.8 Å². The first kappa shape index (κ1) is 12.7. The molecule has 1 unspecified atom stereocenters. The Morgan fingerprint density at radius 3 is 2.38 bits per heavy atom. The SMILES string of the molecule is CCC/C=C(/C)CC(OC)C(C)C. The topological polar surface area (TPSA) is 9.23 Å². The second-order valence-electron chi connectivity index (χ2n) is 4.06. The van der Waals surface area contributed by atoms with E-state index < -0.39 is 0 Å². The van der Waals surface area contributed by atoms with Crippen LogP contribution in [0.25, 0.3) is 0 Å². The molecule has 0 aromatic rings. The van der Waals surface area contributed by atoms with Gasteiger partial charge in [0, 0.05) is 7.11 Å². The smallest absolute Gasteiger partial charge is 0.0631 e. The Balaban J connectivity index is 3.92. The minimum absolute atomic E-state index is 0.383. The van der Waals surface area contributed by atoms with Gasteiger partial charge in [-0.2, -0.15) is 0 Å². The normalized spacial score (nSPS) is 15.1. The summed E-state index contributed by atoms with van der Waals surface area (Å²) in [6, 6.07) is 0. The summed E-state index contributed by atoms with van der Waals surface area (Å²) in [5, 5.41) is 0. The van der Waals surface area contributed by atoms with Crippen molar-refractivity contribution < 1.29 is 4.74 Å². The van der Waals surface area contributed by atoms with Crippen molar-refractivity contribution in [3.63, 3.8) is 0 Å². The fourth-order valence-electron chi connectivity index (χ4n) is 1.38. The van der Waals surface area contributed by atoms with Crippen LogP contribution in [0.15, 0.2) is 11.6 Å². The highest BCUT2D eigenvalue weighted by Gasteiger charge is 2.11. The first-order valence-electron chi connectivity index (χ1n) is 5.30. The number of hydrogen-bond donors (Lipinski definition) is 0. The van der Waals surface area contributed by atoms with Crippen LogP contribution >= 0.6 is 0 Å². The van der Waals surface area contributed by atoms with Crippen molar-refractivity contribution in [3.05, 3.63) is 11.6 Å². The van der Waals surface area contributed by atoms with E-state index in [-0.39, 0.29) is 0 Å². The maximum atomic E-state index is 5.42. The highest BCUT2D eigenvalue weighted by atomic mass is 16.5. The number of ether oxygens (including phenoxy) is 1. The standard InChI is InChI=1S/C12H24O/c1-6-7-8-11(4)9-12(13-5)10(2)3/h8,10,12H,6-7,9H2,1-5H3/b11-8-. The third kappa shape index (κ3) is 5.87. The zero-order valence-electron chi connectivity index (χ0n) is 9.76. The van der Waals surface area contributed by atoms with Crippen LogP contribution in [0.3, 0.4) is 0 Å². The van der Waals surface area contributed by atoms with Gasteiger partial charge in [0.05, 0.1) is 6.10 Å². The Morgan fingerprint density at radius 1 is 1.38 bits per heavy atom. The Kier molecular flexibility index (Phi) is 6.97. The molecule has 0 heterocycles. The third-order valence-corrected chi connectivity index (χ3v) is 2.35. The van der Waals surface area contributed by atoms with E-state index in [4.69, 9.17) is 4.74 Å². The second kappa shape index (κ2) is 7.14. The molecule has 0 spiro atoms. The molecule has 0 radical (unpaired) electrons. The molecule has 0 fully saturated rings. The molecule has 0 saturated heterocycles. The molecule has 0 aromatic carbocycles. The minimum Gasteiger partial charge on any atom is -0.381 e. The van der Waals surface area contributed by atoms with Crippen molar-refractivity contribution in [2.24, 2.45) is 5.92 Å². The summed E-state index contributed by atoms with van der Waals surface area (Å²) in [4.78, 5) is 0. The molecule has 78 valence electrons. The molecular weight excluding hydrogens is 160 g/mol. The van der Waals surface area contributed by atoms with Crippen LogP contribution in [-0.4, -0.2) is 13.2 Å². The van der Waals surface area contributed by atoms with E-state index in [1.54, 1.807) is 7.11 Å². The van der Waals surface area contributed by atoms with E-state index in [0.717, 1.165) is 6.42 Å². The van der Waals surface area contributed by atoms with E-state index >= 15 is 0 Å². The van der Waals surface area contributed by atoms with Crippen molar-refractivity contribution in [3.8, 4) is 0 Å². The van der Waals surface area contributed by atoms with Crippen molar-refractivity contribution in [2.75, 3.05) is 7.11 Å². The lowest BCUT2D eigenvalue weighted by Gasteiger charge is -2.19. The van der Waals surface area contributed by atoms with Gasteiger partial charge in [0.1, 0.15) is 0 Å². The first-order chi connectivity index (χ1) is 6.11. The molecule has 0 saturated carbocycles. The quantitative estimate of drug-likeness (QED) is 0.571. The van der Waals surface area contributed by atoms with Crippen molar-refractivity contribution in [1.82, 2.24) is 0 Å². The Hall–Kier alpha value is -0.300. The average molecular weight is 184 g/mol. The van der Waals surface area contributed by atoms with Crippen molar-refractivity contribution in [2.45, 2.75) is 53.1 Å². The van der Waals surface area contributed by atoms with Gasteiger partial charge in [-0.25, -0.2) is 0 Å². The van der Waals surface area contributed by atoms with E-state index in [9.17, 15) is 0 Å². The van der Waals surface area contributed by atoms with Gasteiger partial charge in [0.15, 0.2) is 0 Å². The number of unbranched alkanes of at least 4 members (excludes halogenated alkanes) is 1. The molecular formula is C12H24O. The van der Waals surface area contributed by atoms with Crippen LogP contribution in [0.4, 0.5) is 0 Å². The van der Waals surface area contributed by atoms with Crippen LogP contribution in [-0.2, 0) is 4.74 Å². The van der Waals surface area contributed by atoms with Crippen molar-refractivity contribution >= 4 is 0 Å². The highest BCUT2D eigenvalue weighted by molar-refractivity contribution is 4.99. The maximum absolute atomic E-state index is 5.42. The van der Waals surface area contributed by atoms with Gasteiger partial charge in [-0.05, 0) is 25.7 Å². The molecule has 0 N–H and O–H groups in total. The van der Waals surface area contributed by atoms with E-state index in [0.29, 0.717) is 12.0 Å². The van der Waals surface area contributed by atoms with E-state index in [1.165, 1.54) is 18.4 Å². The summed E-state index contributed by atoms with van der Waals surface area (Å²) in [6.07, 6.45) is 6.22. The monoisotopic (exact) mass is 184 g/mol. The van der Waals surface area contributed by atoms with Gasteiger partial charge < -0.3 is 4.74 Å². The summed E-state index contributed by atoms with van der Waals surface area (Å²) in [5.74, 6) is 0.606. The lowest BCUT2D eigenvalue weighted by atomic mass is 9.99. The maximum Gasteiger partial charge on any atom is 0.0631 e. The molecule has 0 bridgehead atoms.